The first-order chi connectivity index (χ1) is 11.4. The third kappa shape index (κ3) is 4.19. The molecule has 1 unspecified atom stereocenters. The van der Waals surface area contributed by atoms with Gasteiger partial charge in [-0.25, -0.2) is 4.39 Å². The van der Waals surface area contributed by atoms with Crippen molar-refractivity contribution in [1.29, 1.82) is 0 Å². The maximum absolute atomic E-state index is 14.4. The third-order valence-corrected chi connectivity index (χ3v) is 3.77. The fraction of sp³-hybridized carbons (Fsp3) is 0.263. The van der Waals surface area contributed by atoms with Crippen molar-refractivity contribution >= 4 is 11.9 Å². The van der Waals surface area contributed by atoms with Crippen molar-refractivity contribution in [3.05, 3.63) is 59.9 Å². The third-order valence-electron chi connectivity index (χ3n) is 3.77. The van der Waals surface area contributed by atoms with E-state index in [1.165, 1.54) is 11.0 Å². The highest BCUT2D eigenvalue weighted by Crippen LogP contribution is 2.26. The zero-order valence-corrected chi connectivity index (χ0v) is 14.0. The molecule has 0 saturated heterocycles. The molecule has 2 aromatic carbocycles. The molecule has 4 nitrogen and oxygen atoms in total. The lowest BCUT2D eigenvalue weighted by Crippen LogP contribution is -2.28. The van der Waals surface area contributed by atoms with Gasteiger partial charge >= 0.3 is 5.97 Å². The number of carbonyl (C=O) groups is 2. The standard InChI is InChI=1S/C19H20FNO3/c1-13(19(23)24-12-18(22)21(2)3)15-9-10-16(17(20)11-15)14-7-5-4-6-8-14/h4-11,13H,12H2,1-3H3. The Kier molecular flexibility index (Phi) is 5.68. The fourth-order valence-electron chi connectivity index (χ4n) is 2.18. The summed E-state index contributed by atoms with van der Waals surface area (Å²) in [6.45, 7) is 1.31. The van der Waals surface area contributed by atoms with E-state index in [0.29, 0.717) is 11.1 Å². The number of nitrogens with zero attached hydrogens (tertiary/aromatic N) is 1. The normalized spacial score (nSPS) is 11.7. The molecular formula is C19H20FNO3. The van der Waals surface area contributed by atoms with Crippen molar-refractivity contribution in [2.24, 2.45) is 0 Å². The van der Waals surface area contributed by atoms with Crippen molar-refractivity contribution in [3.8, 4) is 11.1 Å². The Morgan fingerprint density at radius 1 is 1.12 bits per heavy atom. The Bertz CT molecular complexity index is 729. The number of benzene rings is 2. The number of amides is 1. The van der Waals surface area contributed by atoms with Gasteiger partial charge in [0, 0.05) is 19.7 Å². The Labute approximate surface area is 140 Å². The van der Waals surface area contributed by atoms with Crippen LogP contribution in [0.4, 0.5) is 4.39 Å². The summed E-state index contributed by atoms with van der Waals surface area (Å²) in [6, 6.07) is 13.9. The van der Waals surface area contributed by atoms with Crippen LogP contribution >= 0.6 is 0 Å². The topological polar surface area (TPSA) is 46.6 Å². The van der Waals surface area contributed by atoms with E-state index in [0.717, 1.165) is 5.56 Å². The van der Waals surface area contributed by atoms with Crippen LogP contribution < -0.4 is 0 Å². The van der Waals surface area contributed by atoms with Crippen molar-refractivity contribution in [1.82, 2.24) is 4.90 Å². The number of esters is 1. The number of ether oxygens (including phenoxy) is 1. The number of hydrogen-bond donors (Lipinski definition) is 0. The molecule has 5 heteroatoms. The van der Waals surface area contributed by atoms with E-state index in [1.807, 2.05) is 30.3 Å². The lowest BCUT2D eigenvalue weighted by atomic mass is 9.97. The maximum Gasteiger partial charge on any atom is 0.313 e. The predicted molar refractivity (Wildman–Crippen MR) is 89.9 cm³/mol. The number of hydrogen-bond acceptors (Lipinski definition) is 3. The highest BCUT2D eigenvalue weighted by Gasteiger charge is 2.20. The van der Waals surface area contributed by atoms with E-state index in [2.05, 4.69) is 0 Å². The molecule has 0 bridgehead atoms. The zero-order chi connectivity index (χ0) is 17.7. The average molecular weight is 329 g/mol. The summed E-state index contributed by atoms with van der Waals surface area (Å²) in [5.74, 6) is -1.92. The van der Waals surface area contributed by atoms with Gasteiger partial charge in [-0.15, -0.1) is 0 Å². The van der Waals surface area contributed by atoms with E-state index in [-0.39, 0.29) is 12.5 Å². The minimum Gasteiger partial charge on any atom is -0.455 e. The lowest BCUT2D eigenvalue weighted by Gasteiger charge is -2.14. The molecule has 0 aliphatic rings. The molecule has 126 valence electrons. The summed E-state index contributed by atoms with van der Waals surface area (Å²) in [4.78, 5) is 24.8. The van der Waals surface area contributed by atoms with Gasteiger partial charge in [-0.05, 0) is 24.1 Å². The molecule has 2 aromatic rings. The van der Waals surface area contributed by atoms with Crippen LogP contribution in [0.15, 0.2) is 48.5 Å². The SMILES string of the molecule is CC(C(=O)OCC(=O)N(C)C)c1ccc(-c2ccccc2)c(F)c1. The van der Waals surface area contributed by atoms with Gasteiger partial charge in [0.1, 0.15) is 5.82 Å². The Morgan fingerprint density at radius 3 is 2.38 bits per heavy atom. The first kappa shape index (κ1) is 17.7. The van der Waals surface area contributed by atoms with Crippen LogP contribution in [-0.2, 0) is 14.3 Å². The minimum atomic E-state index is -0.653. The second kappa shape index (κ2) is 7.73. The number of rotatable bonds is 5. The summed E-state index contributed by atoms with van der Waals surface area (Å²) in [5.41, 5.74) is 1.76. The maximum atomic E-state index is 14.4. The quantitative estimate of drug-likeness (QED) is 0.791. The van der Waals surface area contributed by atoms with Crippen LogP contribution in [0.25, 0.3) is 11.1 Å². The average Bonchev–Trinajstić information content (AvgIpc) is 2.59. The van der Waals surface area contributed by atoms with Gasteiger partial charge in [0.15, 0.2) is 6.61 Å². The molecule has 1 amide bonds. The number of likely N-dealkylation sites (N-methyl/N-ethyl adjacent to an activating group) is 1. The Hall–Kier alpha value is -2.69. The van der Waals surface area contributed by atoms with Crippen LogP contribution in [0, 0.1) is 5.82 Å². The molecule has 0 N–H and O–H groups in total. The first-order valence-corrected chi connectivity index (χ1v) is 7.62. The monoisotopic (exact) mass is 329 g/mol. The van der Waals surface area contributed by atoms with E-state index in [1.54, 1.807) is 33.2 Å². The van der Waals surface area contributed by atoms with Gasteiger partial charge in [-0.1, -0.05) is 42.5 Å². The highest BCUT2D eigenvalue weighted by molar-refractivity contribution is 5.83. The van der Waals surface area contributed by atoms with E-state index < -0.39 is 17.7 Å². The van der Waals surface area contributed by atoms with Crippen LogP contribution in [0.1, 0.15) is 18.4 Å². The van der Waals surface area contributed by atoms with Crippen LogP contribution in [0.3, 0.4) is 0 Å². The molecule has 0 heterocycles. The second-order valence-corrected chi connectivity index (χ2v) is 5.72. The van der Waals surface area contributed by atoms with Gasteiger partial charge in [0.2, 0.25) is 0 Å². The molecular weight excluding hydrogens is 309 g/mol. The summed E-state index contributed by atoms with van der Waals surface area (Å²) in [5, 5.41) is 0. The zero-order valence-electron chi connectivity index (χ0n) is 14.0. The van der Waals surface area contributed by atoms with Gasteiger partial charge < -0.3 is 9.64 Å². The number of carbonyl (C=O) groups excluding carboxylic acids is 2. The van der Waals surface area contributed by atoms with E-state index in [4.69, 9.17) is 4.74 Å². The summed E-state index contributed by atoms with van der Waals surface area (Å²) >= 11 is 0. The van der Waals surface area contributed by atoms with Crippen molar-refractivity contribution in [3.63, 3.8) is 0 Å². The second-order valence-electron chi connectivity index (χ2n) is 5.72. The molecule has 0 spiro atoms. The van der Waals surface area contributed by atoms with Gasteiger partial charge in [-0.3, -0.25) is 9.59 Å². The molecule has 24 heavy (non-hydrogen) atoms. The van der Waals surface area contributed by atoms with Crippen molar-refractivity contribution in [2.75, 3.05) is 20.7 Å². The summed E-state index contributed by atoms with van der Waals surface area (Å²) in [7, 11) is 3.16. The summed E-state index contributed by atoms with van der Waals surface area (Å²) in [6.07, 6.45) is 0. The van der Waals surface area contributed by atoms with Crippen LogP contribution in [0.2, 0.25) is 0 Å². The van der Waals surface area contributed by atoms with Crippen LogP contribution in [-0.4, -0.2) is 37.5 Å². The van der Waals surface area contributed by atoms with Crippen LogP contribution in [0.5, 0.6) is 0 Å². The van der Waals surface area contributed by atoms with Gasteiger partial charge in [0.05, 0.1) is 5.92 Å². The smallest absolute Gasteiger partial charge is 0.313 e. The molecule has 0 saturated carbocycles. The molecule has 1 atom stereocenters. The Balaban J connectivity index is 2.10. The molecule has 0 fully saturated rings. The van der Waals surface area contributed by atoms with Crippen molar-refractivity contribution < 1.29 is 18.7 Å². The summed E-state index contributed by atoms with van der Waals surface area (Å²) < 4.78 is 19.4. The first-order valence-electron chi connectivity index (χ1n) is 7.62. The largest absolute Gasteiger partial charge is 0.455 e. The van der Waals surface area contributed by atoms with Crippen molar-refractivity contribution in [2.45, 2.75) is 12.8 Å². The van der Waals surface area contributed by atoms with Gasteiger partial charge in [0.25, 0.3) is 5.91 Å². The Morgan fingerprint density at radius 2 is 1.79 bits per heavy atom. The minimum absolute atomic E-state index is 0.304. The van der Waals surface area contributed by atoms with Gasteiger partial charge in [-0.2, -0.15) is 0 Å². The highest BCUT2D eigenvalue weighted by atomic mass is 19.1. The predicted octanol–water partition coefficient (Wildman–Crippen LogP) is 3.23. The van der Waals surface area contributed by atoms with E-state index >= 15 is 0 Å². The molecule has 0 aromatic heterocycles. The lowest BCUT2D eigenvalue weighted by molar-refractivity contribution is -0.152. The molecule has 0 aliphatic carbocycles. The molecule has 0 radical (unpaired) electrons. The molecule has 2 rings (SSSR count). The van der Waals surface area contributed by atoms with E-state index in [9.17, 15) is 14.0 Å². The number of halogens is 1. The fourth-order valence-corrected chi connectivity index (χ4v) is 2.18. The molecule has 0 aliphatic heterocycles.